The summed E-state index contributed by atoms with van der Waals surface area (Å²) >= 11 is 0. The molecule has 0 unspecified atom stereocenters. The van der Waals surface area contributed by atoms with E-state index in [9.17, 15) is 9.59 Å². The second-order valence-electron chi connectivity index (χ2n) is 8.73. The van der Waals surface area contributed by atoms with E-state index in [-0.39, 0.29) is 5.91 Å². The van der Waals surface area contributed by atoms with Crippen LogP contribution in [0.1, 0.15) is 49.0 Å². The number of esters is 1. The van der Waals surface area contributed by atoms with E-state index in [4.69, 9.17) is 4.74 Å². The van der Waals surface area contributed by atoms with Crippen molar-refractivity contribution in [1.82, 2.24) is 19.9 Å². The first kappa shape index (κ1) is 23.7. The minimum Gasteiger partial charge on any atom is -0.462 e. The summed E-state index contributed by atoms with van der Waals surface area (Å²) in [6.07, 6.45) is 8.43. The van der Waals surface area contributed by atoms with Crippen molar-refractivity contribution in [2.75, 3.05) is 37.7 Å². The lowest BCUT2D eigenvalue weighted by molar-refractivity contribution is -0.131. The van der Waals surface area contributed by atoms with Gasteiger partial charge >= 0.3 is 5.97 Å². The van der Waals surface area contributed by atoms with Gasteiger partial charge in [0.15, 0.2) is 0 Å². The molecule has 0 spiro atoms. The SMILES string of the molecule is CCOC(=O)c1cnc(N2CCC(CN(CCc3c[nH]c4ccccc34)C(=O)CC)CC2)nc1. The molecular weight excluding hydrogens is 430 g/mol. The number of ether oxygens (including phenoxy) is 1. The Kier molecular flexibility index (Phi) is 7.77. The lowest BCUT2D eigenvalue weighted by Gasteiger charge is -2.35. The Morgan fingerprint density at radius 1 is 1.15 bits per heavy atom. The van der Waals surface area contributed by atoms with Gasteiger partial charge in [0, 0.05) is 62.1 Å². The Morgan fingerprint density at radius 2 is 1.88 bits per heavy atom. The zero-order chi connectivity index (χ0) is 23.9. The highest BCUT2D eigenvalue weighted by molar-refractivity contribution is 5.88. The number of hydrogen-bond acceptors (Lipinski definition) is 6. The van der Waals surface area contributed by atoms with Crippen LogP contribution in [0.25, 0.3) is 10.9 Å². The number of nitrogens with one attached hydrogen (secondary N) is 1. The summed E-state index contributed by atoms with van der Waals surface area (Å²) in [6, 6.07) is 8.29. The van der Waals surface area contributed by atoms with Crippen molar-refractivity contribution in [2.45, 2.75) is 39.5 Å². The van der Waals surface area contributed by atoms with Crippen molar-refractivity contribution in [3.8, 4) is 0 Å². The van der Waals surface area contributed by atoms with E-state index in [2.05, 4.69) is 44.2 Å². The highest BCUT2D eigenvalue weighted by Gasteiger charge is 2.25. The number of rotatable bonds is 9. The summed E-state index contributed by atoms with van der Waals surface area (Å²) in [7, 11) is 0. The molecule has 180 valence electrons. The Balaban J connectivity index is 1.31. The van der Waals surface area contributed by atoms with Crippen molar-refractivity contribution in [2.24, 2.45) is 5.92 Å². The molecule has 0 atom stereocenters. The third-order valence-corrected chi connectivity index (χ3v) is 6.51. The second-order valence-corrected chi connectivity index (χ2v) is 8.73. The number of aromatic nitrogens is 3. The Labute approximate surface area is 200 Å². The molecule has 1 aliphatic rings. The first-order chi connectivity index (χ1) is 16.6. The smallest absolute Gasteiger partial charge is 0.341 e. The van der Waals surface area contributed by atoms with Crippen molar-refractivity contribution in [3.05, 3.63) is 54.0 Å². The van der Waals surface area contributed by atoms with Crippen LogP contribution in [0.15, 0.2) is 42.9 Å². The maximum Gasteiger partial charge on any atom is 0.341 e. The van der Waals surface area contributed by atoms with Crippen LogP contribution < -0.4 is 4.90 Å². The van der Waals surface area contributed by atoms with Crippen molar-refractivity contribution in [1.29, 1.82) is 0 Å². The highest BCUT2D eigenvalue weighted by atomic mass is 16.5. The number of carbonyl (C=O) groups excluding carboxylic acids is 2. The van der Waals surface area contributed by atoms with Gasteiger partial charge in [-0.25, -0.2) is 14.8 Å². The molecule has 0 saturated carbocycles. The Morgan fingerprint density at radius 3 is 2.59 bits per heavy atom. The van der Waals surface area contributed by atoms with Crippen LogP contribution in [0.3, 0.4) is 0 Å². The molecule has 8 nitrogen and oxygen atoms in total. The topological polar surface area (TPSA) is 91.4 Å². The van der Waals surface area contributed by atoms with Gasteiger partial charge < -0.3 is 19.5 Å². The number of anilines is 1. The zero-order valence-corrected chi connectivity index (χ0v) is 20.0. The Hall–Kier alpha value is -3.42. The molecule has 3 aromatic rings. The van der Waals surface area contributed by atoms with Crippen LogP contribution in [0.4, 0.5) is 5.95 Å². The van der Waals surface area contributed by atoms with Gasteiger partial charge in [-0.2, -0.15) is 0 Å². The summed E-state index contributed by atoms with van der Waals surface area (Å²) in [5.74, 6) is 0.891. The van der Waals surface area contributed by atoms with Gasteiger partial charge in [-0.15, -0.1) is 0 Å². The average Bonchev–Trinajstić information content (AvgIpc) is 3.30. The van der Waals surface area contributed by atoms with Gasteiger partial charge in [-0.1, -0.05) is 25.1 Å². The molecule has 1 saturated heterocycles. The maximum atomic E-state index is 12.7. The van der Waals surface area contributed by atoms with Crippen molar-refractivity contribution < 1.29 is 14.3 Å². The lowest BCUT2D eigenvalue weighted by atomic mass is 9.96. The molecule has 1 aromatic carbocycles. The molecule has 34 heavy (non-hydrogen) atoms. The van der Waals surface area contributed by atoms with E-state index in [0.717, 1.165) is 51.0 Å². The number of carbonyl (C=O) groups is 2. The third-order valence-electron chi connectivity index (χ3n) is 6.51. The number of para-hydroxylation sites is 1. The summed E-state index contributed by atoms with van der Waals surface area (Å²) < 4.78 is 4.99. The summed E-state index contributed by atoms with van der Waals surface area (Å²) in [5.41, 5.74) is 2.75. The Bertz CT molecular complexity index is 1100. The predicted octanol–water partition coefficient (Wildman–Crippen LogP) is 3.83. The van der Waals surface area contributed by atoms with E-state index < -0.39 is 5.97 Å². The number of benzene rings is 1. The molecule has 1 aliphatic heterocycles. The highest BCUT2D eigenvalue weighted by Crippen LogP contribution is 2.23. The van der Waals surface area contributed by atoms with E-state index in [0.29, 0.717) is 30.5 Å². The minimum absolute atomic E-state index is 0.208. The van der Waals surface area contributed by atoms with Gasteiger partial charge in [0.2, 0.25) is 11.9 Å². The number of nitrogens with zero attached hydrogens (tertiary/aromatic N) is 4. The van der Waals surface area contributed by atoms with Crippen LogP contribution >= 0.6 is 0 Å². The fourth-order valence-corrected chi connectivity index (χ4v) is 4.57. The number of aromatic amines is 1. The number of H-pyrrole nitrogens is 1. The molecule has 2 aromatic heterocycles. The summed E-state index contributed by atoms with van der Waals surface area (Å²) in [6.45, 7) is 7.21. The molecule has 0 radical (unpaired) electrons. The normalized spacial score (nSPS) is 14.4. The molecule has 0 aliphatic carbocycles. The molecular formula is C26H33N5O3. The fraction of sp³-hybridized carbons (Fsp3) is 0.462. The van der Waals surface area contributed by atoms with E-state index in [1.54, 1.807) is 6.92 Å². The first-order valence-corrected chi connectivity index (χ1v) is 12.2. The van der Waals surface area contributed by atoms with Gasteiger partial charge in [-0.05, 0) is 43.7 Å². The monoisotopic (exact) mass is 463 g/mol. The van der Waals surface area contributed by atoms with E-state index >= 15 is 0 Å². The molecule has 8 heteroatoms. The van der Waals surface area contributed by atoms with Gasteiger partial charge in [0.1, 0.15) is 0 Å². The van der Waals surface area contributed by atoms with Crippen LogP contribution in [-0.4, -0.2) is 64.5 Å². The quantitative estimate of drug-likeness (QED) is 0.485. The fourth-order valence-electron chi connectivity index (χ4n) is 4.57. The molecule has 1 N–H and O–H groups in total. The van der Waals surface area contributed by atoms with Crippen LogP contribution in [0.5, 0.6) is 0 Å². The first-order valence-electron chi connectivity index (χ1n) is 12.2. The standard InChI is InChI=1S/C26H33N5O3/c1-3-24(32)31(14-11-20-15-27-23-8-6-5-7-22(20)23)18-19-9-12-30(13-10-19)26-28-16-21(17-29-26)25(33)34-4-2/h5-8,15-17,19,27H,3-4,9-14,18H2,1-2H3. The number of fused-ring (bicyclic) bond motifs is 1. The van der Waals surface area contributed by atoms with Crippen molar-refractivity contribution in [3.63, 3.8) is 0 Å². The van der Waals surface area contributed by atoms with Crippen LogP contribution in [-0.2, 0) is 16.0 Å². The number of hydrogen-bond donors (Lipinski definition) is 1. The number of amides is 1. The minimum atomic E-state index is -0.402. The van der Waals surface area contributed by atoms with Crippen molar-refractivity contribution >= 4 is 28.7 Å². The molecule has 1 fully saturated rings. The summed E-state index contributed by atoms with van der Waals surface area (Å²) in [4.78, 5) is 40.7. The molecule has 3 heterocycles. The maximum absolute atomic E-state index is 12.7. The van der Waals surface area contributed by atoms with Gasteiger partial charge in [0.25, 0.3) is 0 Å². The molecule has 0 bridgehead atoms. The predicted molar refractivity (Wildman–Crippen MR) is 132 cm³/mol. The van der Waals surface area contributed by atoms with Gasteiger partial charge in [0.05, 0.1) is 12.2 Å². The lowest BCUT2D eigenvalue weighted by Crippen LogP contribution is -2.42. The third kappa shape index (κ3) is 5.55. The van der Waals surface area contributed by atoms with Crippen LogP contribution in [0, 0.1) is 5.92 Å². The number of piperidine rings is 1. The average molecular weight is 464 g/mol. The zero-order valence-electron chi connectivity index (χ0n) is 20.0. The molecule has 1 amide bonds. The second kappa shape index (κ2) is 11.1. The van der Waals surface area contributed by atoms with Crippen LogP contribution in [0.2, 0.25) is 0 Å². The van der Waals surface area contributed by atoms with E-state index in [1.165, 1.54) is 23.3 Å². The van der Waals surface area contributed by atoms with E-state index in [1.807, 2.05) is 17.9 Å². The van der Waals surface area contributed by atoms with Gasteiger partial charge in [-0.3, -0.25) is 4.79 Å². The molecule has 4 rings (SSSR count). The largest absolute Gasteiger partial charge is 0.462 e. The summed E-state index contributed by atoms with van der Waals surface area (Å²) in [5, 5.41) is 1.23.